The second kappa shape index (κ2) is 9.12. The molecule has 0 heterocycles. The third kappa shape index (κ3) is 4.61. The molecule has 0 spiro atoms. The van der Waals surface area contributed by atoms with Gasteiger partial charge in [-0.05, 0) is 25.9 Å². The van der Waals surface area contributed by atoms with Crippen LogP contribution in [0.1, 0.15) is 27.2 Å². The molecule has 2 nitrogen and oxygen atoms in total. The van der Waals surface area contributed by atoms with Crippen LogP contribution < -0.4 is 10.4 Å². The standard InChI is InChI=1S/C21H27IO2Si/c1-21(2,3)25(19-10-6-4-7-11-19,20-12-8-5-9-13-20)24-18(14-16-22)15-17-23/h4-14,16,18,23H,15,17H2,1-3H3/b16-14+/t18-/m1/s1. The largest absolute Gasteiger partial charge is 0.401 e. The van der Waals surface area contributed by atoms with E-state index in [1.165, 1.54) is 10.4 Å². The molecule has 1 atom stereocenters. The second-order valence-corrected chi connectivity index (χ2v) is 12.1. The van der Waals surface area contributed by atoms with Gasteiger partial charge in [0.15, 0.2) is 0 Å². The Balaban J connectivity index is 2.68. The van der Waals surface area contributed by atoms with Crippen LogP contribution in [0.3, 0.4) is 0 Å². The molecule has 0 saturated heterocycles. The minimum atomic E-state index is -2.55. The van der Waals surface area contributed by atoms with Crippen LogP contribution in [0.2, 0.25) is 5.04 Å². The molecular formula is C21H27IO2Si. The average Bonchev–Trinajstić information content (AvgIpc) is 2.60. The fourth-order valence-corrected chi connectivity index (χ4v) is 8.45. The van der Waals surface area contributed by atoms with Crippen molar-refractivity contribution >= 4 is 41.3 Å². The van der Waals surface area contributed by atoms with Crippen LogP contribution >= 0.6 is 22.6 Å². The molecule has 134 valence electrons. The molecule has 0 aliphatic carbocycles. The topological polar surface area (TPSA) is 29.5 Å². The molecule has 0 aliphatic heterocycles. The van der Waals surface area contributed by atoms with Gasteiger partial charge in [0.2, 0.25) is 0 Å². The number of benzene rings is 2. The summed E-state index contributed by atoms with van der Waals surface area (Å²) in [6.07, 6.45) is 2.55. The maximum Gasteiger partial charge on any atom is 0.261 e. The maximum atomic E-state index is 9.50. The maximum absolute atomic E-state index is 9.50. The highest BCUT2D eigenvalue weighted by atomic mass is 127. The summed E-state index contributed by atoms with van der Waals surface area (Å²) in [5.74, 6) is 0. The minimum Gasteiger partial charge on any atom is -0.401 e. The van der Waals surface area contributed by atoms with Crippen LogP contribution in [0.5, 0.6) is 0 Å². The number of halogens is 1. The summed E-state index contributed by atoms with van der Waals surface area (Å²) >= 11 is 2.22. The molecule has 0 aliphatic rings. The highest BCUT2D eigenvalue weighted by Crippen LogP contribution is 2.37. The molecule has 25 heavy (non-hydrogen) atoms. The van der Waals surface area contributed by atoms with Gasteiger partial charge in [0, 0.05) is 6.61 Å². The number of aliphatic hydroxyl groups excluding tert-OH is 1. The smallest absolute Gasteiger partial charge is 0.261 e. The molecule has 0 radical (unpaired) electrons. The Labute approximate surface area is 166 Å². The lowest BCUT2D eigenvalue weighted by molar-refractivity contribution is 0.179. The van der Waals surface area contributed by atoms with Crippen LogP contribution in [0.15, 0.2) is 70.8 Å². The van der Waals surface area contributed by atoms with Gasteiger partial charge in [-0.1, -0.05) is 110 Å². The Bertz CT molecular complexity index is 626. The molecule has 0 fully saturated rings. The van der Waals surface area contributed by atoms with Crippen LogP contribution in [0.25, 0.3) is 0 Å². The van der Waals surface area contributed by atoms with E-state index in [-0.39, 0.29) is 17.7 Å². The number of aliphatic hydroxyl groups is 1. The molecule has 0 saturated carbocycles. The summed E-state index contributed by atoms with van der Waals surface area (Å²) in [5.41, 5.74) is 0. The van der Waals surface area contributed by atoms with E-state index in [9.17, 15) is 5.11 Å². The molecule has 0 bridgehead atoms. The van der Waals surface area contributed by atoms with E-state index in [1.54, 1.807) is 0 Å². The van der Waals surface area contributed by atoms with Gasteiger partial charge < -0.3 is 9.53 Å². The van der Waals surface area contributed by atoms with Crippen molar-refractivity contribution in [1.82, 2.24) is 0 Å². The first-order chi connectivity index (χ1) is 12.0. The van der Waals surface area contributed by atoms with Gasteiger partial charge in [0.25, 0.3) is 8.32 Å². The summed E-state index contributed by atoms with van der Waals surface area (Å²) in [5, 5.41) is 12.0. The van der Waals surface area contributed by atoms with E-state index in [4.69, 9.17) is 4.43 Å². The van der Waals surface area contributed by atoms with Gasteiger partial charge in [0.05, 0.1) is 6.10 Å². The van der Waals surface area contributed by atoms with E-state index in [1.807, 2.05) is 16.2 Å². The average molecular weight is 466 g/mol. The minimum absolute atomic E-state index is 0.0531. The summed E-state index contributed by atoms with van der Waals surface area (Å²) in [6.45, 7) is 6.92. The quantitative estimate of drug-likeness (QED) is 0.488. The third-order valence-electron chi connectivity index (χ3n) is 4.45. The lowest BCUT2D eigenvalue weighted by atomic mass is 10.2. The van der Waals surface area contributed by atoms with E-state index in [0.29, 0.717) is 6.42 Å². The third-order valence-corrected chi connectivity index (χ3v) is 9.92. The first-order valence-electron chi connectivity index (χ1n) is 8.62. The molecule has 0 amide bonds. The van der Waals surface area contributed by atoms with Gasteiger partial charge in [0.1, 0.15) is 0 Å². The Morgan fingerprint density at radius 2 is 1.48 bits per heavy atom. The van der Waals surface area contributed by atoms with E-state index < -0.39 is 8.32 Å². The zero-order valence-corrected chi connectivity index (χ0v) is 18.3. The van der Waals surface area contributed by atoms with Gasteiger partial charge in [-0.3, -0.25) is 0 Å². The fourth-order valence-electron chi connectivity index (χ4n) is 3.32. The molecule has 4 heteroatoms. The first-order valence-corrected chi connectivity index (χ1v) is 11.8. The van der Waals surface area contributed by atoms with Crippen molar-refractivity contribution in [2.75, 3.05) is 6.61 Å². The van der Waals surface area contributed by atoms with Crippen molar-refractivity contribution in [3.63, 3.8) is 0 Å². The Morgan fingerprint density at radius 3 is 1.84 bits per heavy atom. The van der Waals surface area contributed by atoms with Crippen molar-refractivity contribution in [2.24, 2.45) is 0 Å². The fraction of sp³-hybridized carbons (Fsp3) is 0.333. The lowest BCUT2D eigenvalue weighted by Crippen LogP contribution is -2.67. The van der Waals surface area contributed by atoms with Crippen LogP contribution in [-0.4, -0.2) is 26.1 Å². The summed E-state index contributed by atoms with van der Waals surface area (Å²) in [6, 6.07) is 21.2. The first kappa shape index (κ1) is 20.4. The molecule has 2 aromatic carbocycles. The predicted octanol–water partition coefficient (Wildman–Crippen LogP) is 4.26. The molecule has 2 aromatic rings. The van der Waals surface area contributed by atoms with Gasteiger partial charge in [-0.15, -0.1) is 0 Å². The summed E-state index contributed by atoms with van der Waals surface area (Å²) in [4.78, 5) is 0. The van der Waals surface area contributed by atoms with Crippen molar-refractivity contribution in [3.05, 3.63) is 70.8 Å². The lowest BCUT2D eigenvalue weighted by Gasteiger charge is -2.44. The van der Waals surface area contributed by atoms with Gasteiger partial charge in [-0.25, -0.2) is 0 Å². The summed E-state index contributed by atoms with van der Waals surface area (Å²) < 4.78 is 8.92. The number of hydrogen-bond acceptors (Lipinski definition) is 2. The molecule has 0 aromatic heterocycles. The van der Waals surface area contributed by atoms with Crippen LogP contribution in [0, 0.1) is 0 Å². The van der Waals surface area contributed by atoms with E-state index in [0.717, 1.165) is 0 Å². The van der Waals surface area contributed by atoms with Gasteiger partial charge >= 0.3 is 0 Å². The van der Waals surface area contributed by atoms with E-state index in [2.05, 4.69) is 98.0 Å². The predicted molar refractivity (Wildman–Crippen MR) is 117 cm³/mol. The monoisotopic (exact) mass is 466 g/mol. The van der Waals surface area contributed by atoms with Crippen LogP contribution in [-0.2, 0) is 4.43 Å². The Kier molecular flexibility index (Phi) is 7.43. The highest BCUT2D eigenvalue weighted by Gasteiger charge is 2.51. The number of hydrogen-bond donors (Lipinski definition) is 1. The van der Waals surface area contributed by atoms with E-state index >= 15 is 0 Å². The SMILES string of the molecule is CC(C)(C)[Si](O[C@H](/C=C/I)CCO)(c1ccccc1)c1ccccc1. The van der Waals surface area contributed by atoms with Gasteiger partial charge in [-0.2, -0.15) is 0 Å². The molecule has 1 N–H and O–H groups in total. The second-order valence-electron chi connectivity index (χ2n) is 7.15. The Hall–Kier alpha value is -0.953. The zero-order valence-electron chi connectivity index (χ0n) is 15.2. The molecule has 2 rings (SSSR count). The number of rotatable bonds is 7. The molecule has 0 unspecified atom stereocenters. The van der Waals surface area contributed by atoms with Crippen molar-refractivity contribution < 1.29 is 9.53 Å². The molecular weight excluding hydrogens is 439 g/mol. The van der Waals surface area contributed by atoms with Crippen molar-refractivity contribution in [1.29, 1.82) is 0 Å². The zero-order chi connectivity index (χ0) is 18.3. The normalized spacial score (nSPS) is 14.0. The Morgan fingerprint density at radius 1 is 1.00 bits per heavy atom. The van der Waals surface area contributed by atoms with Crippen molar-refractivity contribution in [2.45, 2.75) is 38.3 Å². The van der Waals surface area contributed by atoms with Crippen molar-refractivity contribution in [3.8, 4) is 0 Å². The summed E-state index contributed by atoms with van der Waals surface area (Å²) in [7, 11) is -2.55. The van der Waals surface area contributed by atoms with Crippen LogP contribution in [0.4, 0.5) is 0 Å². The highest BCUT2D eigenvalue weighted by molar-refractivity contribution is 14.1.